The van der Waals surface area contributed by atoms with E-state index in [-0.39, 0.29) is 5.75 Å². The number of carbonyl (C=O) groups is 1. The maximum absolute atomic E-state index is 13.1. The zero-order chi connectivity index (χ0) is 10.7. The first-order chi connectivity index (χ1) is 6.60. The Labute approximate surface area is 79.2 Å². The van der Waals surface area contributed by atoms with Gasteiger partial charge in [0.25, 0.3) is 0 Å². The largest absolute Gasteiger partial charge is 0.494 e. The molecule has 0 aromatic heterocycles. The lowest BCUT2D eigenvalue weighted by molar-refractivity contribution is 0.0594. The minimum absolute atomic E-state index is 0.254. The molecule has 0 saturated carbocycles. The van der Waals surface area contributed by atoms with Crippen LogP contribution in [0.15, 0.2) is 12.1 Å². The Hall–Kier alpha value is -1.65. The molecule has 3 nitrogen and oxygen atoms in total. The maximum atomic E-state index is 13.1. The van der Waals surface area contributed by atoms with Gasteiger partial charge < -0.3 is 9.47 Å². The van der Waals surface area contributed by atoms with Crippen LogP contribution in [-0.2, 0) is 4.74 Å². The summed E-state index contributed by atoms with van der Waals surface area (Å²) >= 11 is 0. The summed E-state index contributed by atoms with van der Waals surface area (Å²) in [5, 5.41) is 0. The van der Waals surface area contributed by atoms with E-state index in [0.29, 0.717) is 0 Å². The van der Waals surface area contributed by atoms with Crippen molar-refractivity contribution in [3.63, 3.8) is 0 Å². The van der Waals surface area contributed by atoms with E-state index in [0.717, 1.165) is 19.2 Å². The molecule has 1 aromatic carbocycles. The standard InChI is InChI=1S/C9H8F2O3/c1-13-8-4-6(10)5(3-7(8)11)9(12)14-2/h3-4H,1-2H3. The van der Waals surface area contributed by atoms with Gasteiger partial charge in [-0.1, -0.05) is 0 Å². The molecule has 0 aliphatic rings. The van der Waals surface area contributed by atoms with Crippen molar-refractivity contribution in [2.75, 3.05) is 14.2 Å². The average molecular weight is 202 g/mol. The van der Waals surface area contributed by atoms with E-state index in [9.17, 15) is 13.6 Å². The van der Waals surface area contributed by atoms with Gasteiger partial charge in [-0.2, -0.15) is 0 Å². The molecule has 76 valence electrons. The lowest BCUT2D eigenvalue weighted by Crippen LogP contribution is -2.05. The molecule has 0 unspecified atom stereocenters. The third kappa shape index (κ3) is 1.81. The van der Waals surface area contributed by atoms with Gasteiger partial charge in [0, 0.05) is 6.07 Å². The highest BCUT2D eigenvalue weighted by atomic mass is 19.1. The van der Waals surface area contributed by atoms with Crippen molar-refractivity contribution < 1.29 is 23.0 Å². The van der Waals surface area contributed by atoms with Gasteiger partial charge in [-0.15, -0.1) is 0 Å². The molecular weight excluding hydrogens is 194 g/mol. The smallest absolute Gasteiger partial charge is 0.340 e. The minimum atomic E-state index is -0.927. The molecule has 0 saturated heterocycles. The van der Waals surface area contributed by atoms with E-state index in [1.807, 2.05) is 0 Å². The van der Waals surface area contributed by atoms with Crippen LogP contribution in [0.3, 0.4) is 0 Å². The molecule has 0 atom stereocenters. The average Bonchev–Trinajstić information content (AvgIpc) is 2.19. The lowest BCUT2D eigenvalue weighted by Gasteiger charge is -2.05. The summed E-state index contributed by atoms with van der Waals surface area (Å²) in [6.07, 6.45) is 0. The Morgan fingerprint density at radius 3 is 2.36 bits per heavy atom. The summed E-state index contributed by atoms with van der Waals surface area (Å²) in [6, 6.07) is 1.53. The molecule has 0 aliphatic heterocycles. The second-order valence-corrected chi connectivity index (χ2v) is 2.46. The Balaban J connectivity index is 3.21. The van der Waals surface area contributed by atoms with Crippen LogP contribution in [-0.4, -0.2) is 20.2 Å². The number of methoxy groups -OCH3 is 2. The summed E-state index contributed by atoms with van der Waals surface area (Å²) in [5.41, 5.74) is -0.453. The van der Waals surface area contributed by atoms with Gasteiger partial charge in [-0.3, -0.25) is 0 Å². The number of hydrogen-bond acceptors (Lipinski definition) is 3. The first-order valence-electron chi connectivity index (χ1n) is 3.71. The summed E-state index contributed by atoms with van der Waals surface area (Å²) in [5.74, 6) is -2.87. The van der Waals surface area contributed by atoms with Crippen molar-refractivity contribution in [1.82, 2.24) is 0 Å². The van der Waals surface area contributed by atoms with Gasteiger partial charge >= 0.3 is 5.97 Å². The number of benzene rings is 1. The molecule has 0 fully saturated rings. The van der Waals surface area contributed by atoms with Crippen molar-refractivity contribution >= 4 is 5.97 Å². The number of esters is 1. The molecule has 0 N–H and O–H groups in total. The van der Waals surface area contributed by atoms with Gasteiger partial charge in [-0.25, -0.2) is 13.6 Å². The fourth-order valence-electron chi connectivity index (χ4n) is 0.951. The van der Waals surface area contributed by atoms with Gasteiger partial charge in [0.1, 0.15) is 5.82 Å². The van der Waals surface area contributed by atoms with E-state index in [1.165, 1.54) is 7.11 Å². The van der Waals surface area contributed by atoms with Crippen molar-refractivity contribution in [1.29, 1.82) is 0 Å². The van der Waals surface area contributed by atoms with Crippen LogP contribution in [0, 0.1) is 11.6 Å². The number of rotatable bonds is 2. The molecular formula is C9H8F2O3. The first kappa shape index (κ1) is 10.4. The zero-order valence-corrected chi connectivity index (χ0v) is 7.64. The first-order valence-corrected chi connectivity index (χ1v) is 3.71. The number of halogens is 2. The number of carbonyl (C=O) groups excluding carboxylic acids is 1. The second-order valence-electron chi connectivity index (χ2n) is 2.46. The van der Waals surface area contributed by atoms with Gasteiger partial charge in [0.2, 0.25) is 0 Å². The normalized spacial score (nSPS) is 9.71. The predicted molar refractivity (Wildman–Crippen MR) is 44.2 cm³/mol. The highest BCUT2D eigenvalue weighted by Crippen LogP contribution is 2.21. The number of ether oxygens (including phenoxy) is 2. The molecule has 14 heavy (non-hydrogen) atoms. The minimum Gasteiger partial charge on any atom is -0.494 e. The molecule has 0 spiro atoms. The van der Waals surface area contributed by atoms with E-state index in [1.54, 1.807) is 0 Å². The zero-order valence-electron chi connectivity index (χ0n) is 7.64. The van der Waals surface area contributed by atoms with Crippen LogP contribution in [0.25, 0.3) is 0 Å². The van der Waals surface area contributed by atoms with Crippen molar-refractivity contribution in [2.24, 2.45) is 0 Å². The van der Waals surface area contributed by atoms with Crippen LogP contribution in [0.4, 0.5) is 8.78 Å². The third-order valence-electron chi connectivity index (χ3n) is 1.65. The second kappa shape index (κ2) is 4.04. The van der Waals surface area contributed by atoms with E-state index < -0.39 is 23.2 Å². The molecule has 0 bridgehead atoms. The van der Waals surface area contributed by atoms with Crippen LogP contribution < -0.4 is 4.74 Å². The van der Waals surface area contributed by atoms with Crippen molar-refractivity contribution in [2.45, 2.75) is 0 Å². The van der Waals surface area contributed by atoms with Gasteiger partial charge in [0.15, 0.2) is 11.6 Å². The van der Waals surface area contributed by atoms with Crippen LogP contribution in [0.1, 0.15) is 10.4 Å². The Bertz CT molecular complexity index is 363. The molecule has 5 heteroatoms. The van der Waals surface area contributed by atoms with Gasteiger partial charge in [-0.05, 0) is 6.07 Å². The van der Waals surface area contributed by atoms with Gasteiger partial charge in [0.05, 0.1) is 19.8 Å². The van der Waals surface area contributed by atoms with E-state index in [4.69, 9.17) is 0 Å². The van der Waals surface area contributed by atoms with Crippen molar-refractivity contribution in [3.8, 4) is 5.75 Å². The molecule has 0 amide bonds. The fraction of sp³-hybridized carbons (Fsp3) is 0.222. The summed E-state index contributed by atoms with van der Waals surface area (Å²) in [4.78, 5) is 10.9. The quantitative estimate of drug-likeness (QED) is 0.685. The molecule has 0 aliphatic carbocycles. The van der Waals surface area contributed by atoms with Crippen molar-refractivity contribution in [3.05, 3.63) is 29.3 Å². The SMILES string of the molecule is COC(=O)c1cc(F)c(OC)cc1F. The summed E-state index contributed by atoms with van der Waals surface area (Å²) in [7, 11) is 2.29. The van der Waals surface area contributed by atoms with Crippen LogP contribution >= 0.6 is 0 Å². The maximum Gasteiger partial charge on any atom is 0.340 e. The predicted octanol–water partition coefficient (Wildman–Crippen LogP) is 1.76. The van der Waals surface area contributed by atoms with Crippen LogP contribution in [0.5, 0.6) is 5.75 Å². The number of hydrogen-bond donors (Lipinski definition) is 0. The monoisotopic (exact) mass is 202 g/mol. The fourth-order valence-corrected chi connectivity index (χ4v) is 0.951. The Morgan fingerprint density at radius 1 is 1.21 bits per heavy atom. The summed E-state index contributed by atoms with van der Waals surface area (Å²) in [6.45, 7) is 0. The molecule has 1 aromatic rings. The van der Waals surface area contributed by atoms with Crippen LogP contribution in [0.2, 0.25) is 0 Å². The Kier molecular flexibility index (Phi) is 3.01. The molecule has 0 radical (unpaired) electrons. The molecule has 1 rings (SSSR count). The third-order valence-corrected chi connectivity index (χ3v) is 1.65. The Morgan fingerprint density at radius 2 is 1.86 bits per heavy atom. The molecule has 0 heterocycles. The van der Waals surface area contributed by atoms with E-state index >= 15 is 0 Å². The highest BCUT2D eigenvalue weighted by Gasteiger charge is 2.16. The topological polar surface area (TPSA) is 35.5 Å². The summed E-state index contributed by atoms with van der Waals surface area (Å²) < 4.78 is 34.9. The lowest BCUT2D eigenvalue weighted by atomic mass is 10.2. The highest BCUT2D eigenvalue weighted by molar-refractivity contribution is 5.89. The van der Waals surface area contributed by atoms with E-state index in [2.05, 4.69) is 9.47 Å².